The molecule has 2 heterocycles. The molecule has 0 aliphatic carbocycles. The van der Waals surface area contributed by atoms with Crippen molar-refractivity contribution < 1.29 is 4.79 Å². The van der Waals surface area contributed by atoms with E-state index in [4.69, 9.17) is 11.6 Å². The summed E-state index contributed by atoms with van der Waals surface area (Å²) in [6.45, 7) is 3.34. The summed E-state index contributed by atoms with van der Waals surface area (Å²) in [5, 5.41) is 7.02. The van der Waals surface area contributed by atoms with Crippen LogP contribution >= 0.6 is 22.9 Å². The summed E-state index contributed by atoms with van der Waals surface area (Å²) < 4.78 is 0. The molecule has 1 aliphatic rings. The molecular formula is C18H23ClN4OS. The molecule has 0 saturated carbocycles. The second-order valence-electron chi connectivity index (χ2n) is 6.29. The third kappa shape index (κ3) is 5.01. The number of thiazole rings is 1. The molecule has 5 nitrogen and oxygen atoms in total. The Labute approximate surface area is 157 Å². The Morgan fingerprint density at radius 2 is 2.16 bits per heavy atom. The van der Waals surface area contributed by atoms with Crippen molar-refractivity contribution in [3.05, 3.63) is 50.9 Å². The number of unbranched alkanes of at least 4 members (excludes halogenated alkanes) is 1. The molecule has 1 aromatic heterocycles. The summed E-state index contributed by atoms with van der Waals surface area (Å²) in [5.41, 5.74) is 8.43. The van der Waals surface area contributed by atoms with Crippen molar-refractivity contribution in [2.45, 2.75) is 32.2 Å². The monoisotopic (exact) mass is 378 g/mol. The van der Waals surface area contributed by atoms with Gasteiger partial charge in [0.2, 0.25) is 5.91 Å². The molecule has 2 atom stereocenters. The third-order valence-corrected chi connectivity index (χ3v) is 5.61. The standard InChI is InChI=1S/C18H23ClN4OS/c1-12-11-25-16(22-12)4-2-3-9-20-18(24)15-10-21-23-17(15)13-5-7-14(19)8-6-13/h5-8,11,15,17,21,23H,2-4,9-10H2,1H3,(H,20,24). The first-order valence-electron chi connectivity index (χ1n) is 8.56. The number of nitrogens with zero attached hydrogens (tertiary/aromatic N) is 1. The molecule has 1 aliphatic heterocycles. The SMILES string of the molecule is Cc1csc(CCCCNC(=O)C2CNNC2c2ccc(Cl)cc2)n1. The van der Waals surface area contributed by atoms with Crippen molar-refractivity contribution in [1.29, 1.82) is 0 Å². The van der Waals surface area contributed by atoms with Crippen LogP contribution in [0.15, 0.2) is 29.6 Å². The highest BCUT2D eigenvalue weighted by molar-refractivity contribution is 7.09. The van der Waals surface area contributed by atoms with Gasteiger partial charge in [0, 0.05) is 29.2 Å². The maximum absolute atomic E-state index is 12.5. The first kappa shape index (κ1) is 18.3. The molecular weight excluding hydrogens is 356 g/mol. The maximum atomic E-state index is 12.5. The van der Waals surface area contributed by atoms with Gasteiger partial charge < -0.3 is 5.32 Å². The van der Waals surface area contributed by atoms with Crippen LogP contribution in [0.4, 0.5) is 0 Å². The highest BCUT2D eigenvalue weighted by atomic mass is 35.5. The summed E-state index contributed by atoms with van der Waals surface area (Å²) in [4.78, 5) is 17.0. The second-order valence-corrected chi connectivity index (χ2v) is 7.67. The summed E-state index contributed by atoms with van der Waals surface area (Å²) >= 11 is 7.65. The van der Waals surface area contributed by atoms with Crippen LogP contribution in [0.2, 0.25) is 5.02 Å². The molecule has 1 saturated heterocycles. The molecule has 1 fully saturated rings. The maximum Gasteiger partial charge on any atom is 0.226 e. The van der Waals surface area contributed by atoms with Gasteiger partial charge in [-0.3, -0.25) is 10.2 Å². The highest BCUT2D eigenvalue weighted by Gasteiger charge is 2.33. The van der Waals surface area contributed by atoms with Gasteiger partial charge in [0.25, 0.3) is 0 Å². The molecule has 25 heavy (non-hydrogen) atoms. The molecule has 0 radical (unpaired) electrons. The van der Waals surface area contributed by atoms with E-state index in [2.05, 4.69) is 26.5 Å². The molecule has 1 aromatic carbocycles. The Hall–Kier alpha value is -1.47. The lowest BCUT2D eigenvalue weighted by Crippen LogP contribution is -2.35. The minimum atomic E-state index is -0.122. The molecule has 1 amide bonds. The molecule has 2 aromatic rings. The number of carbonyl (C=O) groups is 1. The van der Waals surface area contributed by atoms with E-state index in [9.17, 15) is 4.79 Å². The fourth-order valence-electron chi connectivity index (χ4n) is 2.99. The van der Waals surface area contributed by atoms with E-state index in [1.54, 1.807) is 11.3 Å². The lowest BCUT2D eigenvalue weighted by molar-refractivity contribution is -0.124. The van der Waals surface area contributed by atoms with Crippen LogP contribution in [0.25, 0.3) is 0 Å². The number of carbonyl (C=O) groups excluding carboxylic acids is 1. The van der Waals surface area contributed by atoms with E-state index < -0.39 is 0 Å². The van der Waals surface area contributed by atoms with Crippen LogP contribution in [-0.4, -0.2) is 24.0 Å². The molecule has 0 spiro atoms. The quantitative estimate of drug-likeness (QED) is 0.648. The second kappa shape index (κ2) is 8.76. The van der Waals surface area contributed by atoms with Gasteiger partial charge in [-0.15, -0.1) is 11.3 Å². The largest absolute Gasteiger partial charge is 0.356 e. The van der Waals surface area contributed by atoms with Gasteiger partial charge in [-0.25, -0.2) is 10.4 Å². The lowest BCUT2D eigenvalue weighted by atomic mass is 9.94. The van der Waals surface area contributed by atoms with Crippen LogP contribution in [0, 0.1) is 12.8 Å². The van der Waals surface area contributed by atoms with E-state index in [-0.39, 0.29) is 17.9 Å². The molecule has 3 rings (SSSR count). The number of halogens is 1. The van der Waals surface area contributed by atoms with Crippen molar-refractivity contribution >= 4 is 28.8 Å². The van der Waals surface area contributed by atoms with Gasteiger partial charge in [0.05, 0.1) is 17.0 Å². The number of aromatic nitrogens is 1. The Bertz CT molecular complexity index is 703. The molecule has 134 valence electrons. The van der Waals surface area contributed by atoms with Crippen LogP contribution in [0.5, 0.6) is 0 Å². The third-order valence-electron chi connectivity index (χ3n) is 4.33. The molecule has 7 heteroatoms. The smallest absolute Gasteiger partial charge is 0.226 e. The van der Waals surface area contributed by atoms with E-state index in [1.165, 1.54) is 5.01 Å². The van der Waals surface area contributed by atoms with Crippen molar-refractivity contribution in [2.75, 3.05) is 13.1 Å². The van der Waals surface area contributed by atoms with Gasteiger partial charge in [0.15, 0.2) is 0 Å². The van der Waals surface area contributed by atoms with E-state index in [1.807, 2.05) is 31.2 Å². The molecule has 0 bridgehead atoms. The van der Waals surface area contributed by atoms with E-state index >= 15 is 0 Å². The van der Waals surface area contributed by atoms with Crippen LogP contribution < -0.4 is 16.2 Å². The van der Waals surface area contributed by atoms with Crippen molar-refractivity contribution in [3.8, 4) is 0 Å². The Balaban J connectivity index is 1.43. The average Bonchev–Trinajstić information content (AvgIpc) is 3.24. The van der Waals surface area contributed by atoms with Crippen LogP contribution in [-0.2, 0) is 11.2 Å². The number of rotatable bonds is 7. The number of nitrogens with one attached hydrogen (secondary N) is 3. The summed E-state index contributed by atoms with van der Waals surface area (Å²) in [7, 11) is 0. The number of hydrogen-bond acceptors (Lipinski definition) is 5. The number of benzene rings is 1. The lowest BCUT2D eigenvalue weighted by Gasteiger charge is -2.18. The Morgan fingerprint density at radius 1 is 1.36 bits per heavy atom. The van der Waals surface area contributed by atoms with Gasteiger partial charge in [0.1, 0.15) is 0 Å². The average molecular weight is 379 g/mol. The fraction of sp³-hybridized carbons (Fsp3) is 0.444. The van der Waals surface area contributed by atoms with Crippen molar-refractivity contribution in [2.24, 2.45) is 5.92 Å². The zero-order valence-electron chi connectivity index (χ0n) is 14.2. The predicted molar refractivity (Wildman–Crippen MR) is 102 cm³/mol. The number of amides is 1. The van der Waals surface area contributed by atoms with Gasteiger partial charge in [-0.2, -0.15) is 0 Å². The van der Waals surface area contributed by atoms with Crippen LogP contribution in [0.1, 0.15) is 35.1 Å². The highest BCUT2D eigenvalue weighted by Crippen LogP contribution is 2.26. The number of aryl methyl sites for hydroxylation is 2. The van der Waals surface area contributed by atoms with Crippen LogP contribution in [0.3, 0.4) is 0 Å². The molecule has 3 N–H and O–H groups in total. The normalized spacial score (nSPS) is 19.9. The Kier molecular flexibility index (Phi) is 6.42. The zero-order chi connectivity index (χ0) is 17.6. The zero-order valence-corrected chi connectivity index (χ0v) is 15.8. The fourth-order valence-corrected chi connectivity index (χ4v) is 3.93. The molecule has 2 unspecified atom stereocenters. The minimum absolute atomic E-state index is 0.0319. The first-order chi connectivity index (χ1) is 12.1. The van der Waals surface area contributed by atoms with Crippen molar-refractivity contribution in [1.82, 2.24) is 21.2 Å². The Morgan fingerprint density at radius 3 is 2.88 bits per heavy atom. The van der Waals surface area contributed by atoms with Crippen molar-refractivity contribution in [3.63, 3.8) is 0 Å². The van der Waals surface area contributed by atoms with Gasteiger partial charge >= 0.3 is 0 Å². The van der Waals surface area contributed by atoms with E-state index in [0.29, 0.717) is 18.1 Å². The summed E-state index contributed by atoms with van der Waals surface area (Å²) in [5.74, 6) is -0.0367. The summed E-state index contributed by atoms with van der Waals surface area (Å²) in [6.07, 6.45) is 2.98. The number of hydrazine groups is 1. The van der Waals surface area contributed by atoms with Gasteiger partial charge in [-0.1, -0.05) is 23.7 Å². The topological polar surface area (TPSA) is 66.1 Å². The number of hydrogen-bond donors (Lipinski definition) is 3. The van der Waals surface area contributed by atoms with E-state index in [0.717, 1.165) is 30.5 Å². The van der Waals surface area contributed by atoms with Gasteiger partial charge in [-0.05, 0) is 43.9 Å². The predicted octanol–water partition coefficient (Wildman–Crippen LogP) is 3.01. The summed E-state index contributed by atoms with van der Waals surface area (Å²) in [6, 6.07) is 7.60. The minimum Gasteiger partial charge on any atom is -0.356 e. The first-order valence-corrected chi connectivity index (χ1v) is 9.82.